The number of carbonyl (C=O) groups is 1. The fraction of sp³-hybridized carbons (Fsp3) is 0.381. The Bertz CT molecular complexity index is 875. The molecule has 6 heteroatoms. The molecule has 0 aromatic heterocycles. The standard InChI is InChI=1S/C21H23N3O3/c25-21(22-19-9-5-7-15-6-1-2-8-17(15)19)18-14-16(24(26)27)10-11-20(18)23-12-3-4-13-23/h1-2,6,8,10-11,14,19H,3-5,7,9,12-13H2,(H,22,25)/t19-/m1/s1. The molecule has 1 amide bonds. The zero-order valence-corrected chi connectivity index (χ0v) is 15.2. The third-order valence-corrected chi connectivity index (χ3v) is 5.56. The number of nitrogens with zero attached hydrogens (tertiary/aromatic N) is 2. The predicted molar refractivity (Wildman–Crippen MR) is 104 cm³/mol. The maximum absolute atomic E-state index is 13.1. The lowest BCUT2D eigenvalue weighted by Crippen LogP contribution is -2.32. The molecule has 27 heavy (non-hydrogen) atoms. The summed E-state index contributed by atoms with van der Waals surface area (Å²) in [4.78, 5) is 26.0. The number of anilines is 1. The number of hydrogen-bond acceptors (Lipinski definition) is 4. The van der Waals surface area contributed by atoms with Gasteiger partial charge >= 0.3 is 0 Å². The summed E-state index contributed by atoms with van der Waals surface area (Å²) < 4.78 is 0. The zero-order chi connectivity index (χ0) is 18.8. The van der Waals surface area contributed by atoms with E-state index in [1.165, 1.54) is 17.7 Å². The molecule has 0 saturated carbocycles. The molecule has 1 saturated heterocycles. The Morgan fingerprint density at radius 2 is 1.89 bits per heavy atom. The van der Waals surface area contributed by atoms with E-state index in [-0.39, 0.29) is 17.6 Å². The number of amides is 1. The summed E-state index contributed by atoms with van der Waals surface area (Å²) in [5, 5.41) is 14.4. The summed E-state index contributed by atoms with van der Waals surface area (Å²) in [6.45, 7) is 1.76. The zero-order valence-electron chi connectivity index (χ0n) is 15.2. The lowest BCUT2D eigenvalue weighted by atomic mass is 9.87. The van der Waals surface area contributed by atoms with Gasteiger partial charge in [-0.15, -0.1) is 0 Å². The quantitative estimate of drug-likeness (QED) is 0.656. The highest BCUT2D eigenvalue weighted by molar-refractivity contribution is 6.00. The van der Waals surface area contributed by atoms with Crippen LogP contribution >= 0.6 is 0 Å². The molecule has 140 valence electrons. The maximum atomic E-state index is 13.1. The molecule has 2 aromatic rings. The van der Waals surface area contributed by atoms with E-state index < -0.39 is 4.92 Å². The summed E-state index contributed by atoms with van der Waals surface area (Å²) in [5.41, 5.74) is 3.57. The van der Waals surface area contributed by atoms with Gasteiger partial charge in [-0.1, -0.05) is 24.3 Å². The summed E-state index contributed by atoms with van der Waals surface area (Å²) in [7, 11) is 0. The van der Waals surface area contributed by atoms with Crippen LogP contribution < -0.4 is 10.2 Å². The highest BCUT2D eigenvalue weighted by Crippen LogP contribution is 2.32. The number of nitrogens with one attached hydrogen (secondary N) is 1. The lowest BCUT2D eigenvalue weighted by molar-refractivity contribution is -0.384. The Hall–Kier alpha value is -2.89. The average Bonchev–Trinajstić information content (AvgIpc) is 3.22. The number of nitro groups is 1. The molecule has 1 fully saturated rings. The molecular weight excluding hydrogens is 342 g/mol. The second-order valence-corrected chi connectivity index (χ2v) is 7.27. The molecule has 6 nitrogen and oxygen atoms in total. The van der Waals surface area contributed by atoms with Crippen LogP contribution in [0.2, 0.25) is 0 Å². The van der Waals surface area contributed by atoms with Crippen LogP contribution in [-0.2, 0) is 6.42 Å². The third-order valence-electron chi connectivity index (χ3n) is 5.56. The SMILES string of the molecule is O=C(N[C@@H]1CCCc2ccccc21)c1cc([N+](=O)[O-])ccc1N1CCCC1. The van der Waals surface area contributed by atoms with Crippen molar-refractivity contribution in [2.24, 2.45) is 0 Å². The molecule has 0 spiro atoms. The Morgan fingerprint density at radius 1 is 1.11 bits per heavy atom. The first-order chi connectivity index (χ1) is 13.1. The van der Waals surface area contributed by atoms with Gasteiger partial charge in [-0.05, 0) is 49.3 Å². The lowest BCUT2D eigenvalue weighted by Gasteiger charge is -2.27. The Kier molecular flexibility index (Phi) is 4.79. The van der Waals surface area contributed by atoms with Gasteiger partial charge in [-0.2, -0.15) is 0 Å². The highest BCUT2D eigenvalue weighted by atomic mass is 16.6. The Balaban J connectivity index is 1.65. The number of rotatable bonds is 4. The molecule has 0 radical (unpaired) electrons. The Labute approximate surface area is 158 Å². The molecular formula is C21H23N3O3. The molecule has 0 unspecified atom stereocenters. The average molecular weight is 365 g/mol. The molecule has 1 atom stereocenters. The normalized spacial score (nSPS) is 18.8. The Morgan fingerprint density at radius 3 is 2.67 bits per heavy atom. The molecule has 2 aromatic carbocycles. The van der Waals surface area contributed by atoms with Crippen molar-refractivity contribution in [2.75, 3.05) is 18.0 Å². The van der Waals surface area contributed by atoms with Crippen molar-refractivity contribution in [3.63, 3.8) is 0 Å². The number of carbonyl (C=O) groups excluding carboxylic acids is 1. The molecule has 1 heterocycles. The van der Waals surface area contributed by atoms with Crippen molar-refractivity contribution in [3.05, 3.63) is 69.3 Å². The fourth-order valence-electron chi connectivity index (χ4n) is 4.19. The number of fused-ring (bicyclic) bond motifs is 1. The van der Waals surface area contributed by atoms with Gasteiger partial charge in [0.1, 0.15) is 0 Å². The molecule has 1 N–H and O–H groups in total. The van der Waals surface area contributed by atoms with Crippen LogP contribution in [0, 0.1) is 10.1 Å². The molecule has 1 aliphatic carbocycles. The minimum atomic E-state index is -0.444. The van der Waals surface area contributed by atoms with E-state index >= 15 is 0 Å². The van der Waals surface area contributed by atoms with Crippen molar-refractivity contribution in [1.29, 1.82) is 0 Å². The van der Waals surface area contributed by atoms with E-state index in [4.69, 9.17) is 0 Å². The summed E-state index contributed by atoms with van der Waals surface area (Å²) in [6, 6.07) is 12.8. The molecule has 0 bridgehead atoms. The van der Waals surface area contributed by atoms with Gasteiger partial charge in [-0.3, -0.25) is 14.9 Å². The summed E-state index contributed by atoms with van der Waals surface area (Å²) in [6.07, 6.45) is 5.09. The van der Waals surface area contributed by atoms with E-state index in [9.17, 15) is 14.9 Å². The van der Waals surface area contributed by atoms with Gasteiger partial charge in [0.05, 0.1) is 22.2 Å². The predicted octanol–water partition coefficient (Wildman–Crippen LogP) is 4.00. The van der Waals surface area contributed by atoms with Crippen LogP contribution in [0.3, 0.4) is 0 Å². The maximum Gasteiger partial charge on any atom is 0.270 e. The summed E-state index contributed by atoms with van der Waals surface area (Å²) >= 11 is 0. The van der Waals surface area contributed by atoms with Crippen LogP contribution in [0.15, 0.2) is 42.5 Å². The van der Waals surface area contributed by atoms with Crippen molar-refractivity contribution in [1.82, 2.24) is 5.32 Å². The van der Waals surface area contributed by atoms with Gasteiger partial charge in [0, 0.05) is 25.2 Å². The minimum Gasteiger partial charge on any atom is -0.371 e. The first-order valence-electron chi connectivity index (χ1n) is 9.55. The topological polar surface area (TPSA) is 75.5 Å². The highest BCUT2D eigenvalue weighted by Gasteiger charge is 2.26. The van der Waals surface area contributed by atoms with Crippen molar-refractivity contribution in [2.45, 2.75) is 38.1 Å². The number of nitro benzene ring substituents is 1. The first-order valence-corrected chi connectivity index (χ1v) is 9.55. The largest absolute Gasteiger partial charge is 0.371 e. The monoisotopic (exact) mass is 365 g/mol. The second-order valence-electron chi connectivity index (χ2n) is 7.27. The van der Waals surface area contributed by atoms with Gasteiger partial charge in [0.2, 0.25) is 0 Å². The van der Waals surface area contributed by atoms with Crippen molar-refractivity contribution >= 4 is 17.3 Å². The molecule has 4 rings (SSSR count). The van der Waals surface area contributed by atoms with Gasteiger partial charge < -0.3 is 10.2 Å². The van der Waals surface area contributed by atoms with E-state index in [2.05, 4.69) is 22.3 Å². The number of hydrogen-bond donors (Lipinski definition) is 1. The third kappa shape index (κ3) is 3.52. The van der Waals surface area contributed by atoms with Gasteiger partial charge in [-0.25, -0.2) is 0 Å². The van der Waals surface area contributed by atoms with Crippen LogP contribution in [0.5, 0.6) is 0 Å². The van der Waals surface area contributed by atoms with Crippen molar-refractivity contribution in [3.8, 4) is 0 Å². The van der Waals surface area contributed by atoms with Gasteiger partial charge in [0.15, 0.2) is 0 Å². The summed E-state index contributed by atoms with van der Waals surface area (Å²) in [5.74, 6) is -0.234. The number of non-ortho nitro benzene ring substituents is 1. The van der Waals surface area contributed by atoms with Crippen LogP contribution in [-0.4, -0.2) is 23.9 Å². The fourth-order valence-corrected chi connectivity index (χ4v) is 4.19. The first kappa shape index (κ1) is 17.5. The second kappa shape index (κ2) is 7.39. The number of benzene rings is 2. The van der Waals surface area contributed by atoms with Crippen LogP contribution in [0.25, 0.3) is 0 Å². The smallest absolute Gasteiger partial charge is 0.270 e. The number of aryl methyl sites for hydroxylation is 1. The van der Waals surface area contributed by atoms with Crippen LogP contribution in [0.1, 0.15) is 53.2 Å². The van der Waals surface area contributed by atoms with Gasteiger partial charge in [0.25, 0.3) is 11.6 Å². The van der Waals surface area contributed by atoms with E-state index in [0.717, 1.165) is 56.4 Å². The van der Waals surface area contributed by atoms with Crippen molar-refractivity contribution < 1.29 is 9.72 Å². The minimum absolute atomic E-state index is 0.0480. The van der Waals surface area contributed by atoms with Crippen LogP contribution in [0.4, 0.5) is 11.4 Å². The van der Waals surface area contributed by atoms with E-state index in [1.54, 1.807) is 6.07 Å². The molecule has 2 aliphatic rings. The molecule has 1 aliphatic heterocycles. The van der Waals surface area contributed by atoms with E-state index in [0.29, 0.717) is 5.56 Å². The van der Waals surface area contributed by atoms with E-state index in [1.807, 2.05) is 12.1 Å².